The van der Waals surface area contributed by atoms with E-state index in [-0.39, 0.29) is 16.2 Å². The van der Waals surface area contributed by atoms with Crippen LogP contribution >= 0.6 is 34.5 Å². The second kappa shape index (κ2) is 9.15. The summed E-state index contributed by atoms with van der Waals surface area (Å²) in [5.41, 5.74) is 0. The van der Waals surface area contributed by atoms with Gasteiger partial charge in [-0.1, -0.05) is 23.2 Å². The van der Waals surface area contributed by atoms with Crippen molar-refractivity contribution in [2.75, 3.05) is 19.6 Å². The van der Waals surface area contributed by atoms with Crippen LogP contribution in [0.3, 0.4) is 0 Å². The topological polar surface area (TPSA) is 69.7 Å². The zero-order chi connectivity index (χ0) is 22.3. The van der Waals surface area contributed by atoms with Gasteiger partial charge in [0.15, 0.2) is 0 Å². The number of benzene rings is 1. The van der Waals surface area contributed by atoms with Crippen molar-refractivity contribution in [3.8, 4) is 0 Å². The molecule has 170 valence electrons. The first kappa shape index (κ1) is 23.3. The molecule has 2 saturated heterocycles. The van der Waals surface area contributed by atoms with E-state index in [1.807, 2.05) is 4.90 Å². The lowest BCUT2D eigenvalue weighted by molar-refractivity contribution is -0.139. The van der Waals surface area contributed by atoms with Crippen LogP contribution in [-0.4, -0.2) is 61.9 Å². The average Bonchev–Trinajstić information content (AvgIpc) is 3.15. The zero-order valence-corrected chi connectivity index (χ0v) is 20.8. The van der Waals surface area contributed by atoms with Crippen LogP contribution in [-0.2, 0) is 14.8 Å². The predicted molar refractivity (Wildman–Crippen MR) is 127 cm³/mol. The number of likely N-dealkylation sites (tertiary alicyclic amines) is 2. The highest BCUT2D eigenvalue weighted by Gasteiger charge is 2.37. The Morgan fingerprint density at radius 2 is 1.81 bits per heavy atom. The first-order valence-electron chi connectivity index (χ1n) is 10.6. The van der Waals surface area contributed by atoms with Crippen molar-refractivity contribution in [2.45, 2.75) is 61.9 Å². The number of piperidine rings is 2. The van der Waals surface area contributed by atoms with Crippen molar-refractivity contribution in [2.24, 2.45) is 0 Å². The van der Waals surface area contributed by atoms with Crippen molar-refractivity contribution >= 4 is 60.6 Å². The van der Waals surface area contributed by atoms with Gasteiger partial charge in [-0.05, 0) is 57.7 Å². The first-order chi connectivity index (χ1) is 14.7. The van der Waals surface area contributed by atoms with E-state index in [4.69, 9.17) is 23.2 Å². The molecule has 4 rings (SSSR count). The molecule has 2 aliphatic rings. The maximum Gasteiger partial charge on any atom is 0.250 e. The van der Waals surface area contributed by atoms with E-state index in [0.717, 1.165) is 43.7 Å². The monoisotopic (exact) mass is 503 g/mol. The number of thiophene rings is 1. The summed E-state index contributed by atoms with van der Waals surface area (Å²) in [4.78, 5) is 17.5. The van der Waals surface area contributed by atoms with Crippen LogP contribution in [0.5, 0.6) is 0 Å². The molecule has 1 unspecified atom stereocenters. The summed E-state index contributed by atoms with van der Waals surface area (Å²) in [6, 6.07) is 4.79. The molecule has 0 spiro atoms. The Morgan fingerprint density at radius 3 is 2.48 bits per heavy atom. The molecule has 2 fully saturated rings. The molecular formula is C21H27Cl2N3O3S2. The van der Waals surface area contributed by atoms with Crippen molar-refractivity contribution in [3.63, 3.8) is 0 Å². The summed E-state index contributed by atoms with van der Waals surface area (Å²) >= 11 is 13.4. The van der Waals surface area contributed by atoms with Gasteiger partial charge in [0.25, 0.3) is 10.0 Å². The molecule has 0 aliphatic carbocycles. The summed E-state index contributed by atoms with van der Waals surface area (Å²) in [7, 11) is -3.85. The fourth-order valence-electron chi connectivity index (χ4n) is 4.50. The quantitative estimate of drug-likeness (QED) is 0.658. The third-order valence-corrected chi connectivity index (χ3v) is 9.79. The van der Waals surface area contributed by atoms with E-state index in [2.05, 4.69) is 23.5 Å². The molecule has 31 heavy (non-hydrogen) atoms. The number of nitrogens with zero attached hydrogens (tertiary/aromatic N) is 2. The number of nitrogens with one attached hydrogen (secondary N) is 1. The maximum atomic E-state index is 13.2. The maximum absolute atomic E-state index is 13.2. The van der Waals surface area contributed by atoms with E-state index in [1.165, 1.54) is 0 Å². The fourth-order valence-corrected chi connectivity index (χ4v) is 7.87. The summed E-state index contributed by atoms with van der Waals surface area (Å²) in [6.07, 6.45) is 3.16. The van der Waals surface area contributed by atoms with Gasteiger partial charge in [-0.15, -0.1) is 11.3 Å². The summed E-state index contributed by atoms with van der Waals surface area (Å²) in [5, 5.41) is 1.51. The number of amides is 1. The van der Waals surface area contributed by atoms with Gasteiger partial charge >= 0.3 is 0 Å². The Bertz CT molecular complexity index is 1080. The molecule has 0 saturated carbocycles. The minimum atomic E-state index is -3.85. The van der Waals surface area contributed by atoms with Gasteiger partial charge in [0.05, 0.1) is 5.02 Å². The summed E-state index contributed by atoms with van der Waals surface area (Å²) in [5.74, 6) is -0.111. The van der Waals surface area contributed by atoms with E-state index in [0.29, 0.717) is 39.1 Å². The molecule has 2 aromatic rings. The lowest BCUT2D eigenvalue weighted by Gasteiger charge is -2.43. The Morgan fingerprint density at radius 1 is 1.10 bits per heavy atom. The standard InChI is InChI=1S/C21H27Cl2N3O3S2/c1-13(2)25-8-5-15(6-9-25)26-7-3-4-18(21(26)27)24-31(28,29)20-12-16-17(23)10-14(22)11-19(16)30-20/h10-13,15,18,24H,3-9H2,1-2H3. The lowest BCUT2D eigenvalue weighted by atomic mass is 9.97. The minimum absolute atomic E-state index is 0.111. The number of rotatable bonds is 5. The van der Waals surface area contributed by atoms with Gasteiger partial charge in [0, 0.05) is 46.8 Å². The zero-order valence-electron chi connectivity index (χ0n) is 17.6. The molecular weight excluding hydrogens is 477 g/mol. The Hall–Kier alpha value is -0.900. The van der Waals surface area contributed by atoms with Crippen molar-refractivity contribution in [1.29, 1.82) is 0 Å². The van der Waals surface area contributed by atoms with Crippen molar-refractivity contribution in [1.82, 2.24) is 14.5 Å². The predicted octanol–water partition coefficient (Wildman–Crippen LogP) is 4.35. The second-order valence-corrected chi connectivity index (χ2v) is 12.4. The van der Waals surface area contributed by atoms with Gasteiger partial charge in [-0.2, -0.15) is 4.72 Å². The van der Waals surface area contributed by atoms with Crippen molar-refractivity contribution in [3.05, 3.63) is 28.2 Å². The molecule has 3 heterocycles. The SMILES string of the molecule is CC(C)N1CCC(N2CCCC(NS(=O)(=O)c3cc4c(Cl)cc(Cl)cc4s3)C2=O)CC1. The van der Waals surface area contributed by atoms with Gasteiger partial charge in [0.2, 0.25) is 5.91 Å². The number of carbonyl (C=O) groups is 1. The number of hydrogen-bond acceptors (Lipinski definition) is 5. The molecule has 1 aromatic heterocycles. The Kier molecular flexibility index (Phi) is 6.87. The molecule has 0 radical (unpaired) electrons. The van der Waals surface area contributed by atoms with Crippen LogP contribution in [0.4, 0.5) is 0 Å². The highest BCUT2D eigenvalue weighted by Crippen LogP contribution is 2.36. The number of carbonyl (C=O) groups excluding carboxylic acids is 1. The third kappa shape index (κ3) is 4.89. The van der Waals surface area contributed by atoms with Gasteiger partial charge in [0.1, 0.15) is 10.3 Å². The molecule has 1 amide bonds. The average molecular weight is 505 g/mol. The first-order valence-corrected chi connectivity index (χ1v) is 13.7. The molecule has 1 atom stereocenters. The third-order valence-electron chi connectivity index (χ3n) is 6.23. The van der Waals surface area contributed by atoms with E-state index in [1.54, 1.807) is 18.2 Å². The van der Waals surface area contributed by atoms with Gasteiger partial charge in [-0.3, -0.25) is 4.79 Å². The summed E-state index contributed by atoms with van der Waals surface area (Å²) in [6.45, 7) is 7.00. The lowest BCUT2D eigenvalue weighted by Crippen LogP contribution is -2.57. The fraction of sp³-hybridized carbons (Fsp3) is 0.571. The van der Waals surface area contributed by atoms with Crippen LogP contribution in [0.25, 0.3) is 10.1 Å². The van der Waals surface area contributed by atoms with Crippen LogP contribution in [0.2, 0.25) is 10.0 Å². The van der Waals surface area contributed by atoms with Gasteiger partial charge < -0.3 is 9.80 Å². The number of fused-ring (bicyclic) bond motifs is 1. The smallest absolute Gasteiger partial charge is 0.250 e. The highest BCUT2D eigenvalue weighted by molar-refractivity contribution is 7.91. The molecule has 10 heteroatoms. The van der Waals surface area contributed by atoms with E-state index < -0.39 is 16.1 Å². The summed E-state index contributed by atoms with van der Waals surface area (Å²) < 4.78 is 29.6. The van der Waals surface area contributed by atoms with Crippen LogP contribution in [0.1, 0.15) is 39.5 Å². The van der Waals surface area contributed by atoms with E-state index >= 15 is 0 Å². The number of hydrogen-bond donors (Lipinski definition) is 1. The molecule has 6 nitrogen and oxygen atoms in total. The van der Waals surface area contributed by atoms with Gasteiger partial charge in [-0.25, -0.2) is 8.42 Å². The number of halogens is 2. The van der Waals surface area contributed by atoms with Crippen LogP contribution in [0.15, 0.2) is 22.4 Å². The number of sulfonamides is 1. The van der Waals surface area contributed by atoms with Crippen LogP contribution in [0, 0.1) is 0 Å². The largest absolute Gasteiger partial charge is 0.338 e. The Labute approximate surface area is 197 Å². The molecule has 0 bridgehead atoms. The van der Waals surface area contributed by atoms with E-state index in [9.17, 15) is 13.2 Å². The Balaban J connectivity index is 1.48. The molecule has 2 aliphatic heterocycles. The minimum Gasteiger partial charge on any atom is -0.338 e. The highest BCUT2D eigenvalue weighted by atomic mass is 35.5. The second-order valence-electron chi connectivity index (χ2n) is 8.57. The van der Waals surface area contributed by atoms with Crippen molar-refractivity contribution < 1.29 is 13.2 Å². The van der Waals surface area contributed by atoms with Crippen LogP contribution < -0.4 is 4.72 Å². The molecule has 1 N–H and O–H groups in total. The normalized spacial score (nSPS) is 22.0. The molecule has 1 aromatic carbocycles.